The van der Waals surface area contributed by atoms with Crippen LogP contribution in [0.1, 0.15) is 49.8 Å². The summed E-state index contributed by atoms with van der Waals surface area (Å²) in [5, 5.41) is 7.26. The minimum atomic E-state index is -0.384. The standard InChI is InChI=1S/C23H26FN3O/c1-2-13-26-14-11-23(12-15-26)27-21(19-5-3-4-6-22(19)28-23)16-20(25-27)17-7-9-18(24)10-8-17/h3-10,21H,2,11-16H2,1H3/t21-/m1/s1. The van der Waals surface area contributed by atoms with E-state index in [1.807, 2.05) is 18.2 Å². The molecule has 1 spiro atoms. The number of fused-ring (bicyclic) bond motifs is 4. The third-order valence-electron chi connectivity index (χ3n) is 6.26. The van der Waals surface area contributed by atoms with E-state index in [2.05, 4.69) is 35.0 Å². The molecule has 1 atom stereocenters. The van der Waals surface area contributed by atoms with Gasteiger partial charge in [-0.2, -0.15) is 5.10 Å². The first kappa shape index (κ1) is 17.7. The minimum absolute atomic E-state index is 0.183. The highest BCUT2D eigenvalue weighted by atomic mass is 19.1. The van der Waals surface area contributed by atoms with Crippen molar-refractivity contribution >= 4 is 5.71 Å². The van der Waals surface area contributed by atoms with Crippen molar-refractivity contribution < 1.29 is 9.13 Å². The highest BCUT2D eigenvalue weighted by Crippen LogP contribution is 2.49. The van der Waals surface area contributed by atoms with Crippen LogP contribution >= 0.6 is 0 Å². The third kappa shape index (κ3) is 2.89. The van der Waals surface area contributed by atoms with E-state index in [0.717, 1.165) is 55.9 Å². The molecule has 5 rings (SSSR count). The molecule has 0 aromatic heterocycles. The van der Waals surface area contributed by atoms with Gasteiger partial charge in [-0.05, 0) is 36.7 Å². The Morgan fingerprint density at radius 1 is 1.11 bits per heavy atom. The summed E-state index contributed by atoms with van der Waals surface area (Å²) in [4.78, 5) is 2.52. The second-order valence-electron chi connectivity index (χ2n) is 8.05. The maximum Gasteiger partial charge on any atom is 0.200 e. The normalized spacial score (nSPS) is 23.1. The lowest BCUT2D eigenvalue weighted by Crippen LogP contribution is -2.59. The minimum Gasteiger partial charge on any atom is -0.466 e. The number of piperidine rings is 1. The molecule has 0 amide bonds. The lowest BCUT2D eigenvalue weighted by atomic mass is 9.90. The first-order valence-electron chi connectivity index (χ1n) is 10.3. The number of hydrogen-bond acceptors (Lipinski definition) is 4. The van der Waals surface area contributed by atoms with Crippen molar-refractivity contribution in [2.45, 2.75) is 44.4 Å². The molecule has 1 saturated heterocycles. The molecule has 3 aliphatic heterocycles. The van der Waals surface area contributed by atoms with Crippen LogP contribution in [0.15, 0.2) is 53.6 Å². The zero-order chi connectivity index (χ0) is 19.1. The number of nitrogens with zero attached hydrogens (tertiary/aromatic N) is 3. The molecule has 0 N–H and O–H groups in total. The van der Waals surface area contributed by atoms with E-state index in [1.54, 1.807) is 0 Å². The fourth-order valence-electron chi connectivity index (χ4n) is 4.82. The predicted octanol–water partition coefficient (Wildman–Crippen LogP) is 4.57. The second-order valence-corrected chi connectivity index (χ2v) is 8.05. The number of hydrogen-bond donors (Lipinski definition) is 0. The molecule has 4 nitrogen and oxygen atoms in total. The predicted molar refractivity (Wildman–Crippen MR) is 108 cm³/mol. The van der Waals surface area contributed by atoms with E-state index in [0.29, 0.717) is 0 Å². The van der Waals surface area contributed by atoms with E-state index >= 15 is 0 Å². The van der Waals surface area contributed by atoms with Crippen LogP contribution in [-0.4, -0.2) is 41.0 Å². The molecule has 0 bridgehead atoms. The van der Waals surface area contributed by atoms with Gasteiger partial charge in [0.25, 0.3) is 0 Å². The number of halogens is 1. The van der Waals surface area contributed by atoms with Gasteiger partial charge in [0.1, 0.15) is 11.6 Å². The lowest BCUT2D eigenvalue weighted by Gasteiger charge is -2.51. The molecular weight excluding hydrogens is 353 g/mol. The zero-order valence-corrected chi connectivity index (χ0v) is 16.3. The van der Waals surface area contributed by atoms with Crippen LogP contribution in [0.5, 0.6) is 5.75 Å². The first-order valence-corrected chi connectivity index (χ1v) is 10.3. The van der Waals surface area contributed by atoms with Crippen molar-refractivity contribution in [3.05, 3.63) is 65.5 Å². The summed E-state index contributed by atoms with van der Waals surface area (Å²) in [6.07, 6.45) is 3.89. The molecule has 28 heavy (non-hydrogen) atoms. The summed E-state index contributed by atoms with van der Waals surface area (Å²) in [6.45, 7) is 5.43. The van der Waals surface area contributed by atoms with Crippen LogP contribution < -0.4 is 4.74 Å². The highest BCUT2D eigenvalue weighted by molar-refractivity contribution is 6.01. The number of likely N-dealkylation sites (tertiary alicyclic amines) is 1. The summed E-state index contributed by atoms with van der Waals surface area (Å²) < 4.78 is 20.0. The van der Waals surface area contributed by atoms with Gasteiger partial charge in [-0.15, -0.1) is 0 Å². The van der Waals surface area contributed by atoms with Crippen LogP contribution in [0.25, 0.3) is 0 Å². The summed E-state index contributed by atoms with van der Waals surface area (Å²) >= 11 is 0. The first-order chi connectivity index (χ1) is 13.7. The number of ether oxygens (including phenoxy) is 1. The molecule has 2 aromatic rings. The fourth-order valence-corrected chi connectivity index (χ4v) is 4.82. The van der Waals surface area contributed by atoms with E-state index in [4.69, 9.17) is 9.84 Å². The molecule has 3 aliphatic rings. The Bertz CT molecular complexity index is 887. The maximum absolute atomic E-state index is 13.4. The van der Waals surface area contributed by atoms with Crippen molar-refractivity contribution in [3.8, 4) is 5.75 Å². The largest absolute Gasteiger partial charge is 0.466 e. The number of rotatable bonds is 3. The third-order valence-corrected chi connectivity index (χ3v) is 6.26. The highest BCUT2D eigenvalue weighted by Gasteiger charge is 2.51. The van der Waals surface area contributed by atoms with Crippen molar-refractivity contribution in [2.24, 2.45) is 5.10 Å². The summed E-state index contributed by atoms with van der Waals surface area (Å²) in [6, 6.07) is 15.2. The smallest absolute Gasteiger partial charge is 0.200 e. The van der Waals surface area contributed by atoms with E-state index < -0.39 is 0 Å². The zero-order valence-electron chi connectivity index (χ0n) is 16.3. The molecular formula is C23H26FN3O. The van der Waals surface area contributed by atoms with Gasteiger partial charge >= 0.3 is 0 Å². The Balaban J connectivity index is 1.51. The second kappa shape index (κ2) is 6.89. The van der Waals surface area contributed by atoms with E-state index in [1.165, 1.54) is 24.1 Å². The van der Waals surface area contributed by atoms with Gasteiger partial charge in [-0.1, -0.05) is 37.3 Å². The Morgan fingerprint density at radius 3 is 2.61 bits per heavy atom. The Morgan fingerprint density at radius 2 is 1.86 bits per heavy atom. The Kier molecular flexibility index (Phi) is 4.35. The topological polar surface area (TPSA) is 28.1 Å². The molecule has 0 radical (unpaired) electrons. The van der Waals surface area contributed by atoms with Gasteiger partial charge in [-0.3, -0.25) is 0 Å². The van der Waals surface area contributed by atoms with Crippen LogP contribution in [0.2, 0.25) is 0 Å². The Labute approximate surface area is 165 Å². The fraction of sp³-hybridized carbons (Fsp3) is 0.435. The van der Waals surface area contributed by atoms with Crippen molar-refractivity contribution in [3.63, 3.8) is 0 Å². The average Bonchev–Trinajstić information content (AvgIpc) is 3.17. The molecule has 5 heteroatoms. The Hall–Kier alpha value is -2.40. The lowest BCUT2D eigenvalue weighted by molar-refractivity contribution is -0.149. The van der Waals surface area contributed by atoms with Gasteiger partial charge in [0.05, 0.1) is 11.8 Å². The molecule has 3 heterocycles. The molecule has 1 fully saturated rings. The summed E-state index contributed by atoms with van der Waals surface area (Å²) in [7, 11) is 0. The van der Waals surface area contributed by atoms with Crippen LogP contribution in [0, 0.1) is 5.82 Å². The molecule has 2 aromatic carbocycles. The molecule has 146 valence electrons. The quantitative estimate of drug-likeness (QED) is 0.782. The SMILES string of the molecule is CCCN1CCC2(CC1)Oc1ccccc1[C@H]1CC(c3ccc(F)cc3)=NN12. The van der Waals surface area contributed by atoms with E-state index in [9.17, 15) is 4.39 Å². The van der Waals surface area contributed by atoms with Crippen LogP contribution in [-0.2, 0) is 0 Å². The summed E-state index contributed by atoms with van der Waals surface area (Å²) in [5.74, 6) is 0.775. The van der Waals surface area contributed by atoms with Crippen molar-refractivity contribution in [1.82, 2.24) is 9.91 Å². The number of para-hydroxylation sites is 1. The number of benzene rings is 2. The van der Waals surface area contributed by atoms with Crippen LogP contribution in [0.4, 0.5) is 4.39 Å². The maximum atomic E-state index is 13.4. The van der Waals surface area contributed by atoms with Crippen LogP contribution in [0.3, 0.4) is 0 Å². The number of hydrazone groups is 1. The molecule has 0 saturated carbocycles. The van der Waals surface area contributed by atoms with Crippen molar-refractivity contribution in [1.29, 1.82) is 0 Å². The van der Waals surface area contributed by atoms with Gasteiger partial charge in [-0.25, -0.2) is 9.40 Å². The van der Waals surface area contributed by atoms with E-state index in [-0.39, 0.29) is 17.6 Å². The monoisotopic (exact) mass is 379 g/mol. The molecule has 0 aliphatic carbocycles. The van der Waals surface area contributed by atoms with Gasteiger partial charge in [0, 0.05) is 37.9 Å². The van der Waals surface area contributed by atoms with Gasteiger partial charge < -0.3 is 9.64 Å². The van der Waals surface area contributed by atoms with Crippen molar-refractivity contribution in [2.75, 3.05) is 19.6 Å². The van der Waals surface area contributed by atoms with Gasteiger partial charge in [0.2, 0.25) is 5.72 Å². The molecule has 0 unspecified atom stereocenters. The average molecular weight is 379 g/mol. The summed E-state index contributed by atoms with van der Waals surface area (Å²) in [5.41, 5.74) is 2.82. The van der Waals surface area contributed by atoms with Gasteiger partial charge in [0.15, 0.2) is 0 Å².